The van der Waals surface area contributed by atoms with Crippen LogP contribution in [0.5, 0.6) is 5.75 Å². The number of fused-ring (bicyclic) bond motifs is 1. The van der Waals surface area contributed by atoms with Crippen LogP contribution in [0, 0.1) is 0 Å². The Labute approximate surface area is 213 Å². The highest BCUT2D eigenvalue weighted by Gasteiger charge is 2.40. The maximum absolute atomic E-state index is 13.1. The second-order valence-electron chi connectivity index (χ2n) is 9.38. The highest BCUT2D eigenvalue weighted by molar-refractivity contribution is 6.39. The molecule has 0 saturated carbocycles. The summed E-state index contributed by atoms with van der Waals surface area (Å²) in [7, 11) is 19.1. The molecule has 3 aliphatic rings. The summed E-state index contributed by atoms with van der Waals surface area (Å²) in [4.78, 5) is 40.7. The third kappa shape index (κ3) is 4.82. The van der Waals surface area contributed by atoms with Gasteiger partial charge in [0.1, 0.15) is 35.3 Å². The molecular weight excluding hydrogens is 455 g/mol. The molecule has 0 aromatic heterocycles. The molecule has 0 bridgehead atoms. The van der Waals surface area contributed by atoms with Gasteiger partial charge in [-0.2, -0.15) is 0 Å². The van der Waals surface area contributed by atoms with Crippen molar-refractivity contribution in [3.05, 3.63) is 58.7 Å². The SMILES string of the molecule is [B]c1cc(C([B])([B])Oc2cccc3c2CN(C2CCC(=O)NC2=O)C3=O)ccc1CN1CCOCC1. The summed E-state index contributed by atoms with van der Waals surface area (Å²) in [5, 5.41) is 0.583. The van der Waals surface area contributed by atoms with Gasteiger partial charge >= 0.3 is 0 Å². The number of benzene rings is 2. The van der Waals surface area contributed by atoms with Crippen LogP contribution in [0.1, 0.15) is 39.9 Å². The molecule has 5 rings (SSSR count). The summed E-state index contributed by atoms with van der Waals surface area (Å²) in [5.41, 5.74) is 3.00. The Morgan fingerprint density at radius 3 is 2.61 bits per heavy atom. The third-order valence-corrected chi connectivity index (χ3v) is 6.91. The normalized spacial score (nSPS) is 20.8. The van der Waals surface area contributed by atoms with Crippen molar-refractivity contribution in [1.29, 1.82) is 0 Å². The maximum Gasteiger partial charge on any atom is 0.255 e. The Morgan fingerprint density at radius 1 is 1.11 bits per heavy atom. The molecule has 1 unspecified atom stereocenters. The smallest absolute Gasteiger partial charge is 0.255 e. The average molecular weight is 479 g/mol. The molecule has 0 spiro atoms. The molecule has 2 saturated heterocycles. The number of amides is 3. The van der Waals surface area contributed by atoms with Crippen LogP contribution in [0.3, 0.4) is 0 Å². The number of nitrogens with one attached hydrogen (secondary N) is 1. The highest BCUT2D eigenvalue weighted by Crippen LogP contribution is 2.36. The first kappa shape index (κ1) is 24.7. The van der Waals surface area contributed by atoms with E-state index in [-0.39, 0.29) is 31.2 Å². The van der Waals surface area contributed by atoms with Gasteiger partial charge in [-0.1, -0.05) is 29.7 Å². The summed E-state index contributed by atoms with van der Waals surface area (Å²) in [6.45, 7) is 3.93. The molecule has 2 aromatic carbocycles. The van der Waals surface area contributed by atoms with E-state index in [0.29, 0.717) is 47.7 Å². The second-order valence-corrected chi connectivity index (χ2v) is 9.38. The van der Waals surface area contributed by atoms with Gasteiger partial charge in [-0.05, 0) is 29.7 Å². The molecule has 178 valence electrons. The van der Waals surface area contributed by atoms with Crippen LogP contribution in [0.2, 0.25) is 0 Å². The van der Waals surface area contributed by atoms with Crippen LogP contribution in [0.25, 0.3) is 0 Å². The van der Waals surface area contributed by atoms with E-state index < -0.39 is 17.3 Å². The summed E-state index contributed by atoms with van der Waals surface area (Å²) < 4.78 is 11.4. The van der Waals surface area contributed by atoms with E-state index >= 15 is 0 Å². The molecule has 3 aliphatic heterocycles. The number of piperidine rings is 1. The van der Waals surface area contributed by atoms with E-state index in [2.05, 4.69) is 10.2 Å². The van der Waals surface area contributed by atoms with E-state index in [1.165, 1.54) is 4.90 Å². The van der Waals surface area contributed by atoms with Gasteiger partial charge in [-0.25, -0.2) is 0 Å². The van der Waals surface area contributed by atoms with Crippen molar-refractivity contribution < 1.29 is 23.9 Å². The molecule has 6 radical (unpaired) electrons. The van der Waals surface area contributed by atoms with Crippen LogP contribution in [-0.2, 0) is 32.8 Å². The van der Waals surface area contributed by atoms with Crippen LogP contribution in [0.4, 0.5) is 0 Å². The number of imide groups is 1. The van der Waals surface area contributed by atoms with Crippen molar-refractivity contribution in [2.75, 3.05) is 26.3 Å². The zero-order chi connectivity index (χ0) is 25.4. The molecule has 1 atom stereocenters. The summed E-state index contributed by atoms with van der Waals surface area (Å²) in [6, 6.07) is 9.69. The number of ether oxygens (including phenoxy) is 2. The van der Waals surface area contributed by atoms with E-state index in [0.717, 1.165) is 18.7 Å². The largest absolute Gasteiger partial charge is 0.502 e. The van der Waals surface area contributed by atoms with Gasteiger partial charge in [0.2, 0.25) is 11.8 Å². The fourth-order valence-corrected chi connectivity index (χ4v) is 4.88. The maximum atomic E-state index is 13.1. The minimum absolute atomic E-state index is 0.146. The number of hydrogen-bond acceptors (Lipinski definition) is 6. The Kier molecular flexibility index (Phi) is 6.70. The van der Waals surface area contributed by atoms with Gasteiger partial charge in [0.05, 0.1) is 19.8 Å². The standard InChI is InChI=1S/C25H24B3N3O5/c26-19-12-16(5-4-15(19)13-30-8-10-35-11-9-30)25(27,28)36-21-3-1-2-17-18(21)14-31(24(17)34)20-6-7-22(32)29-23(20)33/h1-5,12,20H,6-11,13-14H2,(H,29,32,33). The minimum Gasteiger partial charge on any atom is -0.502 e. The van der Waals surface area contributed by atoms with Crippen molar-refractivity contribution in [2.45, 2.75) is 37.4 Å². The van der Waals surface area contributed by atoms with Gasteiger partial charge < -0.3 is 14.4 Å². The summed E-state index contributed by atoms with van der Waals surface area (Å²) in [6.07, 6.45) is 0.450. The molecule has 2 fully saturated rings. The Bertz CT molecular complexity index is 1220. The number of rotatable bonds is 6. The molecule has 3 amide bonds. The van der Waals surface area contributed by atoms with Crippen LogP contribution >= 0.6 is 0 Å². The zero-order valence-corrected chi connectivity index (χ0v) is 19.9. The van der Waals surface area contributed by atoms with Crippen molar-refractivity contribution in [2.24, 2.45) is 0 Å². The Morgan fingerprint density at radius 2 is 1.89 bits per heavy atom. The monoisotopic (exact) mass is 479 g/mol. The first-order valence-electron chi connectivity index (χ1n) is 12.0. The number of hydrogen-bond donors (Lipinski definition) is 1. The summed E-state index contributed by atoms with van der Waals surface area (Å²) in [5.74, 6) is -0.775. The van der Waals surface area contributed by atoms with Crippen LogP contribution in [-0.4, -0.2) is 83.4 Å². The molecule has 3 heterocycles. The van der Waals surface area contributed by atoms with Crippen molar-refractivity contribution in [1.82, 2.24) is 15.1 Å². The first-order valence-corrected chi connectivity index (χ1v) is 12.0. The lowest BCUT2D eigenvalue weighted by Gasteiger charge is -2.32. The van der Waals surface area contributed by atoms with Gasteiger partial charge in [-0.3, -0.25) is 24.6 Å². The molecule has 1 N–H and O–H groups in total. The van der Waals surface area contributed by atoms with Gasteiger partial charge in [0, 0.05) is 42.6 Å². The van der Waals surface area contributed by atoms with Crippen molar-refractivity contribution in [3.63, 3.8) is 0 Å². The Hall–Kier alpha value is -3.04. The minimum atomic E-state index is -1.72. The topological polar surface area (TPSA) is 88.2 Å². The number of morpholine rings is 1. The predicted molar refractivity (Wildman–Crippen MR) is 134 cm³/mol. The van der Waals surface area contributed by atoms with E-state index in [1.807, 2.05) is 6.07 Å². The Balaban J connectivity index is 1.34. The number of carbonyl (C=O) groups excluding carboxylic acids is 3. The lowest BCUT2D eigenvalue weighted by atomic mass is 9.60. The molecule has 0 aliphatic carbocycles. The average Bonchev–Trinajstić information content (AvgIpc) is 3.18. The molecular formula is C25H24B3N3O5. The van der Waals surface area contributed by atoms with Gasteiger partial charge in [-0.15, -0.1) is 0 Å². The molecule has 36 heavy (non-hydrogen) atoms. The third-order valence-electron chi connectivity index (χ3n) is 6.91. The van der Waals surface area contributed by atoms with Gasteiger partial charge in [0.15, 0.2) is 0 Å². The van der Waals surface area contributed by atoms with Crippen molar-refractivity contribution >= 4 is 46.7 Å². The zero-order valence-electron chi connectivity index (χ0n) is 19.9. The lowest BCUT2D eigenvalue weighted by Crippen LogP contribution is -2.52. The van der Waals surface area contributed by atoms with Crippen LogP contribution in [0.15, 0.2) is 36.4 Å². The number of nitrogens with zero attached hydrogens (tertiary/aromatic N) is 2. The van der Waals surface area contributed by atoms with E-state index in [9.17, 15) is 14.4 Å². The summed E-state index contributed by atoms with van der Waals surface area (Å²) >= 11 is 0. The second kappa shape index (κ2) is 9.79. The first-order chi connectivity index (χ1) is 17.2. The number of carbonyl (C=O) groups is 3. The fourth-order valence-electron chi connectivity index (χ4n) is 4.88. The predicted octanol–water partition coefficient (Wildman–Crippen LogP) is -0.400. The fraction of sp³-hybridized carbons (Fsp3) is 0.400. The van der Waals surface area contributed by atoms with Crippen LogP contribution < -0.4 is 15.5 Å². The molecule has 2 aromatic rings. The lowest BCUT2D eigenvalue weighted by molar-refractivity contribution is -0.136. The highest BCUT2D eigenvalue weighted by atomic mass is 16.5. The van der Waals surface area contributed by atoms with Gasteiger partial charge in [0.25, 0.3) is 5.91 Å². The van der Waals surface area contributed by atoms with E-state index in [4.69, 9.17) is 33.0 Å². The van der Waals surface area contributed by atoms with Crippen molar-refractivity contribution in [3.8, 4) is 5.75 Å². The quantitative estimate of drug-likeness (QED) is 0.449. The molecule has 8 nitrogen and oxygen atoms in total. The molecule has 11 heteroatoms. The van der Waals surface area contributed by atoms with E-state index in [1.54, 1.807) is 30.3 Å².